The summed E-state index contributed by atoms with van der Waals surface area (Å²) >= 11 is 0. The van der Waals surface area contributed by atoms with Gasteiger partial charge in [0.25, 0.3) is 5.91 Å². The van der Waals surface area contributed by atoms with Crippen molar-refractivity contribution in [2.24, 2.45) is 13.0 Å². The summed E-state index contributed by atoms with van der Waals surface area (Å²) in [5, 5.41) is 8.68. The number of carbonyl (C=O) groups excluding carboxylic acids is 1. The Hall–Kier alpha value is -1.59. The minimum atomic E-state index is -0.0476. The lowest BCUT2D eigenvalue weighted by Gasteiger charge is -2.56. The molecular weight excluding hydrogens is 324 g/mol. The summed E-state index contributed by atoms with van der Waals surface area (Å²) in [7, 11) is 1.89. The first kappa shape index (κ1) is 17.2. The number of rotatable bonds is 2. The van der Waals surface area contributed by atoms with E-state index in [0.717, 1.165) is 24.0 Å². The first-order valence-electron chi connectivity index (χ1n) is 8.46. The number of piperidine rings is 3. The predicted octanol–water partition coefficient (Wildman–Crippen LogP) is 2.60. The Morgan fingerprint density at radius 2 is 1.92 bits per heavy atom. The highest BCUT2D eigenvalue weighted by Crippen LogP contribution is 2.39. The van der Waals surface area contributed by atoms with Gasteiger partial charge in [0.1, 0.15) is 0 Å². The summed E-state index contributed by atoms with van der Waals surface area (Å²) in [6.07, 6.45) is 2.36. The van der Waals surface area contributed by atoms with Gasteiger partial charge in [-0.15, -0.1) is 12.4 Å². The van der Waals surface area contributed by atoms with Gasteiger partial charge >= 0.3 is 0 Å². The molecule has 2 bridgehead atoms. The van der Waals surface area contributed by atoms with Crippen molar-refractivity contribution in [1.29, 1.82) is 0 Å². The van der Waals surface area contributed by atoms with Crippen LogP contribution in [0.1, 0.15) is 37.2 Å². The van der Waals surface area contributed by atoms with E-state index in [1.54, 1.807) is 4.68 Å². The van der Waals surface area contributed by atoms with Gasteiger partial charge in [0, 0.05) is 24.0 Å². The van der Waals surface area contributed by atoms with Crippen molar-refractivity contribution in [3.05, 3.63) is 30.0 Å². The summed E-state index contributed by atoms with van der Waals surface area (Å²) in [5.74, 6) is 0.530. The minimum Gasteiger partial charge on any atom is -0.346 e. The maximum absolute atomic E-state index is 12.9. The highest BCUT2D eigenvalue weighted by molar-refractivity contribution is 6.05. The van der Waals surface area contributed by atoms with Crippen LogP contribution in [0.4, 0.5) is 0 Å². The van der Waals surface area contributed by atoms with Gasteiger partial charge in [0.2, 0.25) is 0 Å². The lowest BCUT2D eigenvalue weighted by Crippen LogP contribution is -2.69. The zero-order valence-corrected chi connectivity index (χ0v) is 15.3. The first-order chi connectivity index (χ1) is 11.0. The topological polar surface area (TPSA) is 50.2 Å². The monoisotopic (exact) mass is 348 g/mol. The molecule has 0 aliphatic carbocycles. The van der Waals surface area contributed by atoms with E-state index >= 15 is 0 Å². The molecule has 3 aliphatic heterocycles. The van der Waals surface area contributed by atoms with Gasteiger partial charge in [-0.1, -0.05) is 18.2 Å². The molecule has 6 heteroatoms. The van der Waals surface area contributed by atoms with Crippen molar-refractivity contribution in [1.82, 2.24) is 20.0 Å². The summed E-state index contributed by atoms with van der Waals surface area (Å²) in [6, 6.07) is 8.09. The van der Waals surface area contributed by atoms with Crippen molar-refractivity contribution in [2.75, 3.05) is 13.1 Å². The third-order valence-electron chi connectivity index (χ3n) is 5.85. The highest BCUT2D eigenvalue weighted by atomic mass is 35.5. The number of hydrogen-bond acceptors (Lipinski definition) is 3. The number of halogens is 1. The van der Waals surface area contributed by atoms with Crippen molar-refractivity contribution >= 4 is 29.2 Å². The van der Waals surface area contributed by atoms with Crippen LogP contribution in [-0.4, -0.2) is 45.3 Å². The molecule has 0 spiro atoms. The van der Waals surface area contributed by atoms with Gasteiger partial charge in [0.15, 0.2) is 5.69 Å². The Labute approximate surface area is 148 Å². The summed E-state index contributed by atoms with van der Waals surface area (Å²) < 4.78 is 1.78. The molecule has 1 amide bonds. The molecule has 4 heterocycles. The average Bonchev–Trinajstić information content (AvgIpc) is 2.89. The molecule has 24 heavy (non-hydrogen) atoms. The Morgan fingerprint density at radius 3 is 2.58 bits per heavy atom. The van der Waals surface area contributed by atoms with Crippen LogP contribution in [0.2, 0.25) is 0 Å². The fraction of sp³-hybridized carbons (Fsp3) is 0.556. The van der Waals surface area contributed by atoms with Crippen LogP contribution in [0.3, 0.4) is 0 Å². The summed E-state index contributed by atoms with van der Waals surface area (Å²) in [6.45, 7) is 6.80. The third-order valence-corrected chi connectivity index (χ3v) is 5.85. The molecule has 5 nitrogen and oxygen atoms in total. The number of nitrogens with one attached hydrogen (secondary N) is 1. The van der Waals surface area contributed by atoms with Crippen LogP contribution in [0.25, 0.3) is 10.9 Å². The normalized spacial score (nSPS) is 27.7. The van der Waals surface area contributed by atoms with Gasteiger partial charge in [0.05, 0.1) is 5.52 Å². The molecule has 0 saturated carbocycles. The fourth-order valence-electron chi connectivity index (χ4n) is 4.47. The number of aromatic nitrogens is 2. The van der Waals surface area contributed by atoms with Gasteiger partial charge in [-0.2, -0.15) is 5.10 Å². The number of benzene rings is 1. The second-order valence-corrected chi connectivity index (χ2v) is 7.42. The van der Waals surface area contributed by atoms with Gasteiger partial charge < -0.3 is 5.32 Å². The number of aryl methyl sites for hydroxylation is 1. The number of para-hydroxylation sites is 1. The highest BCUT2D eigenvalue weighted by Gasteiger charge is 2.48. The second kappa shape index (κ2) is 6.05. The molecule has 3 aliphatic rings. The Morgan fingerprint density at radius 1 is 1.25 bits per heavy atom. The maximum Gasteiger partial charge on any atom is 0.272 e. The molecule has 0 unspecified atom stereocenters. The van der Waals surface area contributed by atoms with E-state index in [0.29, 0.717) is 11.6 Å². The number of carbonyl (C=O) groups is 1. The van der Waals surface area contributed by atoms with Crippen molar-refractivity contribution < 1.29 is 4.79 Å². The standard InChI is InChI=1S/C18H24N4O.ClH/c1-18(2)16(12-8-10-22(18)11-9-12)19-17(23)15-13-6-4-5-7-14(13)21(3)20-15;/h4-7,12,16H,8-11H2,1-3H3,(H,19,23);1H/t16-;/m1./s1. The molecule has 1 aromatic carbocycles. The van der Waals surface area contributed by atoms with Crippen LogP contribution in [0.15, 0.2) is 24.3 Å². The largest absolute Gasteiger partial charge is 0.346 e. The number of fused-ring (bicyclic) bond motifs is 4. The molecule has 0 radical (unpaired) electrons. The molecule has 1 atom stereocenters. The lowest BCUT2D eigenvalue weighted by molar-refractivity contribution is -0.0378. The van der Waals surface area contributed by atoms with E-state index in [4.69, 9.17) is 0 Å². The van der Waals surface area contributed by atoms with Crippen LogP contribution in [-0.2, 0) is 7.05 Å². The molecule has 2 aromatic rings. The predicted molar refractivity (Wildman–Crippen MR) is 97.6 cm³/mol. The average molecular weight is 349 g/mol. The molecular formula is C18H25ClN4O. The molecule has 1 N–H and O–H groups in total. The van der Waals surface area contributed by atoms with Crippen LogP contribution < -0.4 is 5.32 Å². The summed E-state index contributed by atoms with van der Waals surface area (Å²) in [4.78, 5) is 15.4. The number of hydrogen-bond donors (Lipinski definition) is 1. The van der Waals surface area contributed by atoms with E-state index in [1.807, 2.05) is 31.3 Å². The van der Waals surface area contributed by atoms with E-state index in [-0.39, 0.29) is 29.9 Å². The zero-order chi connectivity index (χ0) is 16.2. The quantitative estimate of drug-likeness (QED) is 0.907. The van der Waals surface area contributed by atoms with Crippen LogP contribution >= 0.6 is 12.4 Å². The minimum absolute atomic E-state index is 0. The smallest absolute Gasteiger partial charge is 0.272 e. The lowest BCUT2D eigenvalue weighted by atomic mass is 9.72. The molecule has 5 rings (SSSR count). The molecule has 130 valence electrons. The number of amides is 1. The second-order valence-electron chi connectivity index (χ2n) is 7.42. The van der Waals surface area contributed by atoms with Crippen molar-refractivity contribution in [2.45, 2.75) is 38.3 Å². The van der Waals surface area contributed by atoms with Crippen LogP contribution in [0, 0.1) is 5.92 Å². The number of nitrogens with zero attached hydrogens (tertiary/aromatic N) is 3. The van der Waals surface area contributed by atoms with Gasteiger partial charge in [-0.3, -0.25) is 14.4 Å². The Balaban J connectivity index is 0.00000169. The van der Waals surface area contributed by atoms with E-state index in [2.05, 4.69) is 29.2 Å². The summed E-state index contributed by atoms with van der Waals surface area (Å²) in [5.41, 5.74) is 1.54. The van der Waals surface area contributed by atoms with Gasteiger partial charge in [-0.05, 0) is 51.8 Å². The molecule has 3 fully saturated rings. The van der Waals surface area contributed by atoms with Crippen molar-refractivity contribution in [3.8, 4) is 0 Å². The van der Waals surface area contributed by atoms with E-state index in [9.17, 15) is 4.79 Å². The molecule has 3 saturated heterocycles. The molecule has 1 aromatic heterocycles. The van der Waals surface area contributed by atoms with Crippen molar-refractivity contribution in [3.63, 3.8) is 0 Å². The SMILES string of the molecule is Cl.Cn1nc(C(=O)N[C@@H]2C3CCN(CC3)C2(C)C)c2ccccc21. The first-order valence-corrected chi connectivity index (χ1v) is 8.46. The van der Waals surface area contributed by atoms with E-state index < -0.39 is 0 Å². The van der Waals surface area contributed by atoms with Gasteiger partial charge in [-0.25, -0.2) is 0 Å². The van der Waals surface area contributed by atoms with E-state index in [1.165, 1.54) is 12.8 Å². The Kier molecular flexibility index (Phi) is 4.34. The third kappa shape index (κ3) is 2.50. The van der Waals surface area contributed by atoms with Crippen LogP contribution in [0.5, 0.6) is 0 Å². The zero-order valence-electron chi connectivity index (χ0n) is 14.5. The maximum atomic E-state index is 12.9. The fourth-order valence-corrected chi connectivity index (χ4v) is 4.47. The Bertz CT molecular complexity index is 761.